The first-order chi connectivity index (χ1) is 15.0. The molecule has 0 aliphatic heterocycles. The molecule has 1 aromatic heterocycles. The third-order valence-corrected chi connectivity index (χ3v) is 6.66. The molecular formula is C24H25N3O3S. The second kappa shape index (κ2) is 8.81. The Kier molecular flexibility index (Phi) is 5.95. The number of methoxy groups -OCH3 is 1. The molecule has 4 aromatic rings. The summed E-state index contributed by atoms with van der Waals surface area (Å²) in [5.74, 6) is 1.67. The molecule has 0 saturated carbocycles. The molecule has 0 radical (unpaired) electrons. The molecule has 0 bridgehead atoms. The molecule has 1 heterocycles. The SMILES string of the molecule is CCn1c(CCc2ccc(NS(=O)(=O)c3ccc(OC)cc3)cc2)nc2ccccc21. The molecule has 7 heteroatoms. The summed E-state index contributed by atoms with van der Waals surface area (Å²) in [4.78, 5) is 4.96. The van der Waals surface area contributed by atoms with Gasteiger partial charge in [0.15, 0.2) is 0 Å². The fourth-order valence-corrected chi connectivity index (χ4v) is 4.69. The van der Waals surface area contributed by atoms with Gasteiger partial charge in [0, 0.05) is 18.7 Å². The number of para-hydroxylation sites is 2. The lowest BCUT2D eigenvalue weighted by Crippen LogP contribution is -2.12. The van der Waals surface area contributed by atoms with Gasteiger partial charge in [0.25, 0.3) is 10.0 Å². The van der Waals surface area contributed by atoms with Crippen LogP contribution in [0.5, 0.6) is 5.75 Å². The van der Waals surface area contributed by atoms with Crippen molar-refractivity contribution in [3.8, 4) is 5.75 Å². The Balaban J connectivity index is 1.44. The summed E-state index contributed by atoms with van der Waals surface area (Å²) >= 11 is 0. The minimum Gasteiger partial charge on any atom is -0.497 e. The van der Waals surface area contributed by atoms with E-state index in [0.717, 1.165) is 41.8 Å². The van der Waals surface area contributed by atoms with E-state index in [1.54, 1.807) is 31.4 Å². The number of ether oxygens (including phenoxy) is 1. The van der Waals surface area contributed by atoms with E-state index in [1.165, 1.54) is 12.1 Å². The summed E-state index contributed by atoms with van der Waals surface area (Å²) in [6.07, 6.45) is 1.65. The number of nitrogens with zero attached hydrogens (tertiary/aromatic N) is 2. The van der Waals surface area contributed by atoms with E-state index in [-0.39, 0.29) is 4.90 Å². The van der Waals surface area contributed by atoms with Crippen molar-refractivity contribution < 1.29 is 13.2 Å². The fourth-order valence-electron chi connectivity index (χ4n) is 3.63. The van der Waals surface area contributed by atoms with Crippen LogP contribution in [0, 0.1) is 0 Å². The highest BCUT2D eigenvalue weighted by molar-refractivity contribution is 7.92. The summed E-state index contributed by atoms with van der Waals surface area (Å²) in [5.41, 5.74) is 3.83. The van der Waals surface area contributed by atoms with Gasteiger partial charge in [0.05, 0.1) is 23.0 Å². The molecule has 0 aliphatic rings. The fraction of sp³-hybridized carbons (Fsp3) is 0.208. The van der Waals surface area contributed by atoms with Crippen LogP contribution >= 0.6 is 0 Å². The number of benzene rings is 3. The number of hydrogen-bond acceptors (Lipinski definition) is 4. The van der Waals surface area contributed by atoms with Crippen molar-refractivity contribution in [1.82, 2.24) is 9.55 Å². The third-order valence-electron chi connectivity index (χ3n) is 5.26. The van der Waals surface area contributed by atoms with Gasteiger partial charge in [-0.3, -0.25) is 4.72 Å². The van der Waals surface area contributed by atoms with Crippen LogP contribution in [0.1, 0.15) is 18.3 Å². The lowest BCUT2D eigenvalue weighted by molar-refractivity contribution is 0.414. The molecule has 0 fully saturated rings. The molecule has 0 spiro atoms. The summed E-state index contributed by atoms with van der Waals surface area (Å²) in [6.45, 7) is 3.00. The number of imidazole rings is 1. The Bertz CT molecular complexity index is 1280. The molecule has 0 aliphatic carbocycles. The minimum absolute atomic E-state index is 0.191. The Morgan fingerprint density at radius 1 is 0.935 bits per heavy atom. The molecule has 31 heavy (non-hydrogen) atoms. The van der Waals surface area contributed by atoms with Gasteiger partial charge >= 0.3 is 0 Å². The maximum Gasteiger partial charge on any atom is 0.261 e. The molecule has 160 valence electrons. The van der Waals surface area contributed by atoms with Crippen molar-refractivity contribution in [3.63, 3.8) is 0 Å². The summed E-state index contributed by atoms with van der Waals surface area (Å²) in [7, 11) is -2.11. The number of nitrogens with one attached hydrogen (secondary N) is 1. The topological polar surface area (TPSA) is 73.2 Å². The number of sulfonamides is 1. The molecular weight excluding hydrogens is 410 g/mol. The highest BCUT2D eigenvalue weighted by atomic mass is 32.2. The number of aryl methyl sites for hydroxylation is 3. The molecule has 0 amide bonds. The molecule has 6 nitrogen and oxygen atoms in total. The maximum absolute atomic E-state index is 12.6. The van der Waals surface area contributed by atoms with Crippen LogP contribution in [0.15, 0.2) is 77.7 Å². The summed E-state index contributed by atoms with van der Waals surface area (Å²) in [6, 6.07) is 21.9. The van der Waals surface area contributed by atoms with Gasteiger partial charge in [-0.25, -0.2) is 13.4 Å². The van der Waals surface area contributed by atoms with Crippen molar-refractivity contribution in [2.75, 3.05) is 11.8 Å². The van der Waals surface area contributed by atoms with Crippen LogP contribution in [-0.2, 0) is 29.4 Å². The van der Waals surface area contributed by atoms with Gasteiger partial charge in [0.1, 0.15) is 11.6 Å². The zero-order valence-electron chi connectivity index (χ0n) is 17.6. The highest BCUT2D eigenvalue weighted by Crippen LogP contribution is 2.21. The van der Waals surface area contributed by atoms with Gasteiger partial charge in [0.2, 0.25) is 0 Å². The smallest absolute Gasteiger partial charge is 0.261 e. The van der Waals surface area contributed by atoms with E-state index < -0.39 is 10.0 Å². The molecule has 4 rings (SSSR count). The van der Waals surface area contributed by atoms with Crippen molar-refractivity contribution in [1.29, 1.82) is 0 Å². The van der Waals surface area contributed by atoms with Gasteiger partial charge in [-0.15, -0.1) is 0 Å². The standard InChI is InChI=1S/C24H25N3O3S/c1-3-27-23-7-5-4-6-22(23)25-24(27)17-10-18-8-11-19(12-9-18)26-31(28,29)21-15-13-20(30-2)14-16-21/h4-9,11-16,26H,3,10,17H2,1-2H3. The lowest BCUT2D eigenvalue weighted by atomic mass is 10.1. The first kappa shape index (κ1) is 20.9. The number of fused-ring (bicyclic) bond motifs is 1. The van der Waals surface area contributed by atoms with Crippen LogP contribution in [0.3, 0.4) is 0 Å². The quantitative estimate of drug-likeness (QED) is 0.437. The van der Waals surface area contributed by atoms with E-state index in [4.69, 9.17) is 9.72 Å². The molecule has 0 saturated heterocycles. The van der Waals surface area contributed by atoms with Crippen LogP contribution in [-0.4, -0.2) is 25.1 Å². The Labute approximate surface area is 182 Å². The lowest BCUT2D eigenvalue weighted by Gasteiger charge is -2.10. The highest BCUT2D eigenvalue weighted by Gasteiger charge is 2.14. The zero-order chi connectivity index (χ0) is 21.8. The van der Waals surface area contributed by atoms with E-state index in [1.807, 2.05) is 30.3 Å². The van der Waals surface area contributed by atoms with Crippen molar-refractivity contribution in [2.45, 2.75) is 31.2 Å². The average molecular weight is 436 g/mol. The van der Waals surface area contributed by atoms with Crippen molar-refractivity contribution >= 4 is 26.7 Å². The largest absolute Gasteiger partial charge is 0.497 e. The molecule has 3 aromatic carbocycles. The van der Waals surface area contributed by atoms with Gasteiger partial charge in [-0.05, 0) is 67.4 Å². The van der Waals surface area contributed by atoms with E-state index in [0.29, 0.717) is 11.4 Å². The third kappa shape index (κ3) is 4.56. The number of anilines is 1. The molecule has 1 N–H and O–H groups in total. The second-order valence-electron chi connectivity index (χ2n) is 7.24. The number of hydrogen-bond donors (Lipinski definition) is 1. The first-order valence-electron chi connectivity index (χ1n) is 10.2. The van der Waals surface area contributed by atoms with Crippen LogP contribution in [0.4, 0.5) is 5.69 Å². The monoisotopic (exact) mass is 435 g/mol. The minimum atomic E-state index is -3.65. The Hall–Kier alpha value is -3.32. The van der Waals surface area contributed by atoms with Crippen LogP contribution in [0.2, 0.25) is 0 Å². The van der Waals surface area contributed by atoms with Gasteiger partial charge in [-0.1, -0.05) is 24.3 Å². The first-order valence-corrected chi connectivity index (χ1v) is 11.7. The summed E-state index contributed by atoms with van der Waals surface area (Å²) in [5, 5.41) is 0. The van der Waals surface area contributed by atoms with Crippen LogP contribution < -0.4 is 9.46 Å². The molecule has 0 atom stereocenters. The van der Waals surface area contributed by atoms with Gasteiger partial charge in [-0.2, -0.15) is 0 Å². The maximum atomic E-state index is 12.6. The number of aromatic nitrogens is 2. The predicted octanol–water partition coefficient (Wildman–Crippen LogP) is 4.65. The average Bonchev–Trinajstić information content (AvgIpc) is 3.16. The Morgan fingerprint density at radius 2 is 1.65 bits per heavy atom. The van der Waals surface area contributed by atoms with Crippen molar-refractivity contribution in [2.24, 2.45) is 0 Å². The van der Waals surface area contributed by atoms with E-state index in [9.17, 15) is 8.42 Å². The van der Waals surface area contributed by atoms with Gasteiger partial charge < -0.3 is 9.30 Å². The normalized spacial score (nSPS) is 11.5. The van der Waals surface area contributed by atoms with E-state index in [2.05, 4.69) is 22.3 Å². The van der Waals surface area contributed by atoms with Crippen molar-refractivity contribution in [3.05, 3.63) is 84.2 Å². The second-order valence-corrected chi connectivity index (χ2v) is 8.92. The van der Waals surface area contributed by atoms with Crippen LogP contribution in [0.25, 0.3) is 11.0 Å². The molecule has 0 unspecified atom stereocenters. The summed E-state index contributed by atoms with van der Waals surface area (Å²) < 4.78 is 35.1. The number of rotatable bonds is 8. The predicted molar refractivity (Wildman–Crippen MR) is 123 cm³/mol. The zero-order valence-corrected chi connectivity index (χ0v) is 18.4. The van der Waals surface area contributed by atoms with E-state index >= 15 is 0 Å². The Morgan fingerprint density at radius 3 is 2.32 bits per heavy atom.